The minimum atomic E-state index is -5.18. The highest BCUT2D eigenvalue weighted by Crippen LogP contribution is 2.20. The van der Waals surface area contributed by atoms with Crippen molar-refractivity contribution in [2.24, 2.45) is 0 Å². The van der Waals surface area contributed by atoms with Crippen LogP contribution in [0.1, 0.15) is 0 Å². The second-order valence-electron chi connectivity index (χ2n) is 3.45. The van der Waals surface area contributed by atoms with Crippen LogP contribution in [0, 0.1) is 0 Å². The van der Waals surface area contributed by atoms with Gasteiger partial charge in [0.1, 0.15) is 52.4 Å². The smallest absolute Gasteiger partial charge is 0.404 e. The van der Waals surface area contributed by atoms with Gasteiger partial charge >= 0.3 is 36.2 Å². The van der Waals surface area contributed by atoms with E-state index < -0.39 is 36.2 Å². The highest BCUT2D eigenvalue weighted by atomic mass is 28.6. The van der Waals surface area contributed by atoms with Crippen LogP contribution >= 0.6 is 0 Å². The van der Waals surface area contributed by atoms with Crippen molar-refractivity contribution in [3.05, 3.63) is 0 Å². The van der Waals surface area contributed by atoms with Crippen LogP contribution in [0.5, 0.6) is 0 Å². The average Bonchev–Trinajstić information content (AvgIpc) is 2.43. The fourth-order valence-corrected chi connectivity index (χ4v) is 20.2. The standard InChI is InChI=1S/H20O13Si9/c1-19(2,3)11-20(4,6-14)12-21(5,7-15)13-22(8-16,9-17)10-18/h1-5H,14-18H3. The van der Waals surface area contributed by atoms with Crippen molar-refractivity contribution in [1.29, 1.82) is 0 Å². The molecule has 0 aromatic heterocycles. The van der Waals surface area contributed by atoms with Crippen LogP contribution in [0.4, 0.5) is 0 Å². The fourth-order valence-electron chi connectivity index (χ4n) is 1.08. The molecule has 0 saturated carbocycles. The van der Waals surface area contributed by atoms with Crippen molar-refractivity contribution in [1.82, 2.24) is 0 Å². The number of rotatable bonds is 11. The van der Waals surface area contributed by atoms with E-state index in [2.05, 4.69) is 8.23 Å². The minimum absolute atomic E-state index is 0.0781. The summed E-state index contributed by atoms with van der Waals surface area (Å²) in [5.41, 5.74) is 0. The predicted molar refractivity (Wildman–Crippen MR) is 92.5 cm³/mol. The van der Waals surface area contributed by atoms with E-state index in [1.54, 1.807) is 0 Å². The monoisotopic (exact) mass is 480 g/mol. The Bertz CT molecular complexity index is 318. The first kappa shape index (κ1) is 23.4. The molecule has 0 bridgehead atoms. The van der Waals surface area contributed by atoms with Gasteiger partial charge in [-0.15, -0.1) is 0 Å². The molecule has 0 amide bonds. The second kappa shape index (κ2) is 9.22. The Hall–Kier alpha value is 1.43. The molecular formula is H20O13Si9. The van der Waals surface area contributed by atoms with Crippen molar-refractivity contribution in [3.63, 3.8) is 0 Å². The Labute approximate surface area is 145 Å². The van der Waals surface area contributed by atoms with Gasteiger partial charge in [0.25, 0.3) is 0 Å². The molecule has 0 aliphatic heterocycles. The summed E-state index contributed by atoms with van der Waals surface area (Å²) in [5, 5.41) is 0. The Morgan fingerprint density at radius 2 is 0.864 bits per heavy atom. The van der Waals surface area contributed by atoms with Crippen LogP contribution in [0.25, 0.3) is 0 Å². The zero-order valence-electron chi connectivity index (χ0n) is 12.5. The van der Waals surface area contributed by atoms with Gasteiger partial charge in [-0.05, 0) is 0 Å². The number of hydrogen-bond acceptors (Lipinski definition) is 13. The lowest BCUT2D eigenvalue weighted by atomic mass is 15.5. The molecule has 22 heavy (non-hydrogen) atoms. The van der Waals surface area contributed by atoms with E-state index in [4.69, 9.17) is 39.1 Å². The summed E-state index contributed by atoms with van der Waals surface area (Å²) in [5.74, 6) is 0. The molecule has 5 N–H and O–H groups in total. The minimum Gasteiger partial charge on any atom is -0.404 e. The lowest BCUT2D eigenvalue weighted by Crippen LogP contribution is -2.67. The zero-order chi connectivity index (χ0) is 17.7. The van der Waals surface area contributed by atoms with E-state index in [0.717, 1.165) is 0 Å². The second-order valence-corrected chi connectivity index (χ2v) is 18.3. The van der Waals surface area contributed by atoms with E-state index in [1.165, 1.54) is 0 Å². The summed E-state index contributed by atoms with van der Waals surface area (Å²) in [4.78, 5) is 46.9. The molecule has 2 unspecified atom stereocenters. The molecule has 0 aromatic rings. The normalized spacial score (nSPS) is 21.7. The topological polar surface area (TPSA) is 175 Å². The van der Waals surface area contributed by atoms with Crippen molar-refractivity contribution < 1.29 is 56.9 Å². The molecule has 0 spiro atoms. The maximum Gasteiger partial charge on any atom is 0.665 e. The Balaban J connectivity index is 5.28. The van der Waals surface area contributed by atoms with Crippen LogP contribution in [-0.4, -0.2) is 113 Å². The maximum atomic E-state index is 10.3. The van der Waals surface area contributed by atoms with Gasteiger partial charge < -0.3 is 56.9 Å². The van der Waals surface area contributed by atoms with Crippen molar-refractivity contribution in [3.8, 4) is 0 Å². The summed E-state index contributed by atoms with van der Waals surface area (Å²) in [6.45, 7) is 0. The molecule has 0 heterocycles. The fraction of sp³-hybridized carbons (Fsp3) is 0. The lowest BCUT2D eigenvalue weighted by molar-refractivity contribution is 0.00979. The molecule has 134 valence electrons. The van der Waals surface area contributed by atoms with Gasteiger partial charge in [0.15, 0.2) is 0 Å². The maximum absolute atomic E-state index is 10.3. The van der Waals surface area contributed by atoms with Gasteiger partial charge in [0.2, 0.25) is 0 Å². The third kappa shape index (κ3) is 7.55. The Morgan fingerprint density at radius 3 is 1.14 bits per heavy atom. The van der Waals surface area contributed by atoms with Crippen molar-refractivity contribution >= 4 is 88.6 Å². The lowest BCUT2D eigenvalue weighted by Gasteiger charge is -2.34. The van der Waals surface area contributed by atoms with Gasteiger partial charge in [-0.1, -0.05) is 0 Å². The van der Waals surface area contributed by atoms with Crippen LogP contribution in [0.2, 0.25) is 0 Å². The van der Waals surface area contributed by atoms with Crippen molar-refractivity contribution in [2.75, 3.05) is 0 Å². The largest absolute Gasteiger partial charge is 0.665 e. The van der Waals surface area contributed by atoms with Gasteiger partial charge in [0, 0.05) is 0 Å². The first-order chi connectivity index (χ1) is 9.92. The SMILES string of the molecule is O[Si](O)(O)O[Si](O)(O[SiH3])O[Si](O)(O[SiH3])O[Si](O[SiH3])(O[SiH3])O[SiH3]. The van der Waals surface area contributed by atoms with Crippen LogP contribution in [0.15, 0.2) is 0 Å². The Morgan fingerprint density at radius 1 is 0.500 bits per heavy atom. The average molecular weight is 481 g/mol. The summed E-state index contributed by atoms with van der Waals surface area (Å²) < 4.78 is 39.1. The molecule has 0 aliphatic carbocycles. The Kier molecular flexibility index (Phi) is 9.82. The molecule has 0 saturated heterocycles. The molecule has 0 rings (SSSR count). The highest BCUT2D eigenvalue weighted by molar-refractivity contribution is 6.79. The van der Waals surface area contributed by atoms with Gasteiger partial charge in [0.05, 0.1) is 0 Å². The van der Waals surface area contributed by atoms with Crippen molar-refractivity contribution in [2.45, 2.75) is 0 Å². The van der Waals surface area contributed by atoms with E-state index in [9.17, 15) is 9.59 Å². The van der Waals surface area contributed by atoms with E-state index in [0.29, 0.717) is 0 Å². The van der Waals surface area contributed by atoms with Gasteiger partial charge in [-0.25, -0.2) is 0 Å². The third-order valence-electron chi connectivity index (χ3n) is 2.04. The zero-order valence-corrected chi connectivity index (χ0v) is 26.5. The molecule has 22 heteroatoms. The van der Waals surface area contributed by atoms with Crippen LogP contribution in [0.3, 0.4) is 0 Å². The summed E-state index contributed by atoms with van der Waals surface area (Å²) >= 11 is 0. The van der Waals surface area contributed by atoms with E-state index in [-0.39, 0.29) is 52.4 Å². The molecule has 13 nitrogen and oxygen atoms in total. The molecular weight excluding hydrogens is 461 g/mol. The summed E-state index contributed by atoms with van der Waals surface area (Å²) in [7, 11) is -17.9. The first-order valence-corrected chi connectivity index (χ1v) is 16.2. The number of hydrogen-bond donors (Lipinski definition) is 5. The first-order valence-electron chi connectivity index (χ1n) is 5.40. The summed E-state index contributed by atoms with van der Waals surface area (Å²) in [6.07, 6.45) is 0. The van der Waals surface area contributed by atoms with E-state index >= 15 is 0 Å². The van der Waals surface area contributed by atoms with E-state index in [1.807, 2.05) is 0 Å². The molecule has 0 aliphatic rings. The van der Waals surface area contributed by atoms with Gasteiger partial charge in [-0.2, -0.15) is 0 Å². The van der Waals surface area contributed by atoms with Gasteiger partial charge in [-0.3, -0.25) is 0 Å². The quantitative estimate of drug-likeness (QED) is 0.176. The molecule has 0 radical (unpaired) electrons. The molecule has 0 aromatic carbocycles. The van der Waals surface area contributed by atoms with Crippen LogP contribution in [-0.2, 0) is 32.9 Å². The molecule has 0 fully saturated rings. The molecule has 2 atom stereocenters. The highest BCUT2D eigenvalue weighted by Gasteiger charge is 2.62. The third-order valence-corrected chi connectivity index (χ3v) is 18.4. The predicted octanol–water partition coefficient (Wildman–Crippen LogP) is -10.8. The summed E-state index contributed by atoms with van der Waals surface area (Å²) in [6, 6.07) is 0. The van der Waals surface area contributed by atoms with Crippen LogP contribution < -0.4 is 0 Å².